The largest absolute Gasteiger partial charge is 0.469 e. The molecule has 13 nitrogen and oxygen atoms in total. The molecule has 2 N–H and O–H groups in total. The standard InChI is InChI=1S/C26H27O3P.C14H22O4.C7H13O6P/c1-16-12-18(3)23(19(4)13-16)25(27)30(29,22-10-8-7-9-11-22)26(28)24-20(5)14-17(2)15-21(24)6;1-11(2)13(15)17-9-7-5-6-8-10-18-14(16)12(3)4;1-5(2)7(8)12-4-6(3)13-14(9,10)11/h7-15H,1-6H3;1,3,5-10H2,2,4H3;6H,1,4H2,2-3H3,(H2,9,10,11). The average Bonchev–Trinajstić information content (AvgIpc) is 3.16. The van der Waals surface area contributed by atoms with Gasteiger partial charge < -0.3 is 28.6 Å². The molecular formula is C47H62O13P2. The van der Waals surface area contributed by atoms with Crippen LogP contribution in [0.4, 0.5) is 0 Å². The first-order valence-corrected chi connectivity index (χ1v) is 23.1. The summed E-state index contributed by atoms with van der Waals surface area (Å²) in [7, 11) is -8.63. The van der Waals surface area contributed by atoms with Crippen LogP contribution in [0, 0.1) is 41.5 Å². The van der Waals surface area contributed by atoms with Crippen LogP contribution < -0.4 is 5.30 Å². The van der Waals surface area contributed by atoms with E-state index in [9.17, 15) is 33.1 Å². The molecule has 0 aliphatic carbocycles. The van der Waals surface area contributed by atoms with Crippen molar-refractivity contribution >= 4 is 49.2 Å². The smallest absolute Gasteiger partial charge is 0.462 e. The zero-order chi connectivity index (χ0) is 47.5. The summed E-state index contributed by atoms with van der Waals surface area (Å²) in [5.74, 6) is -1.30. The van der Waals surface area contributed by atoms with Crippen molar-refractivity contribution < 1.29 is 61.6 Å². The number of esters is 3. The van der Waals surface area contributed by atoms with Crippen LogP contribution >= 0.6 is 15.0 Å². The molecule has 0 aliphatic heterocycles. The van der Waals surface area contributed by atoms with Crippen LogP contribution in [0.15, 0.2) is 91.1 Å². The Labute approximate surface area is 366 Å². The van der Waals surface area contributed by atoms with Gasteiger partial charge in [-0.3, -0.25) is 14.1 Å². The molecule has 0 spiro atoms. The first-order chi connectivity index (χ1) is 28.7. The maximum Gasteiger partial charge on any atom is 0.469 e. The number of hydrogen-bond acceptors (Lipinski definition) is 11. The topological polar surface area (TPSA) is 197 Å². The van der Waals surface area contributed by atoms with E-state index in [2.05, 4.69) is 29.0 Å². The lowest BCUT2D eigenvalue weighted by molar-refractivity contribution is -0.141. The number of carbonyl (C=O) groups excluding carboxylic acids is 5. The average molecular weight is 897 g/mol. The lowest BCUT2D eigenvalue weighted by Crippen LogP contribution is -2.23. The van der Waals surface area contributed by atoms with Gasteiger partial charge in [-0.15, -0.1) is 0 Å². The maximum absolute atomic E-state index is 14.5. The zero-order valence-corrected chi connectivity index (χ0v) is 39.4. The lowest BCUT2D eigenvalue weighted by atomic mass is 10.0. The number of aryl methyl sites for hydroxylation is 6. The SMILES string of the molecule is C=C(C)C(=O)OCC(C)OP(=O)(O)O.C=C(C)C(=O)OCCCCCCOC(=O)C(=C)C.Cc1cc(C)c(C(=O)P(=O)(C(=O)c2c(C)cc(C)cc2C)c2ccccc2)c(C)c1. The van der Waals surface area contributed by atoms with Gasteiger partial charge in [-0.05, 0) is 117 Å². The predicted molar refractivity (Wildman–Crippen MR) is 242 cm³/mol. The van der Waals surface area contributed by atoms with Crippen LogP contribution in [0.25, 0.3) is 0 Å². The fourth-order valence-corrected chi connectivity index (χ4v) is 9.14. The minimum atomic E-state index is -4.52. The first-order valence-electron chi connectivity index (χ1n) is 19.9. The van der Waals surface area contributed by atoms with Crippen LogP contribution in [0.5, 0.6) is 0 Å². The normalized spacial score (nSPS) is 11.4. The highest BCUT2D eigenvalue weighted by molar-refractivity contribution is 8.01. The van der Waals surface area contributed by atoms with E-state index in [1.807, 2.05) is 65.8 Å². The third kappa shape index (κ3) is 18.1. The maximum atomic E-state index is 14.5. The lowest BCUT2D eigenvalue weighted by Gasteiger charge is -2.21. The van der Waals surface area contributed by atoms with E-state index in [0.717, 1.165) is 59.1 Å². The Morgan fingerprint density at radius 3 is 1.24 bits per heavy atom. The van der Waals surface area contributed by atoms with Crippen molar-refractivity contribution in [1.82, 2.24) is 0 Å². The first kappa shape index (κ1) is 55.0. The molecule has 0 fully saturated rings. The van der Waals surface area contributed by atoms with Crippen molar-refractivity contribution in [2.75, 3.05) is 19.8 Å². The number of phosphoric ester groups is 1. The number of phosphoric acid groups is 1. The zero-order valence-electron chi connectivity index (χ0n) is 37.6. The molecule has 0 radical (unpaired) electrons. The van der Waals surface area contributed by atoms with E-state index in [1.54, 1.807) is 44.2 Å². The summed E-state index contributed by atoms with van der Waals surface area (Å²) in [6.07, 6.45) is 2.64. The molecule has 3 aromatic rings. The number of unbranched alkanes of at least 4 members (excludes halogenated alkanes) is 3. The molecule has 0 amide bonds. The molecule has 338 valence electrons. The number of benzene rings is 3. The van der Waals surface area contributed by atoms with Gasteiger partial charge in [-0.1, -0.05) is 85.5 Å². The third-order valence-corrected chi connectivity index (χ3v) is 12.0. The monoisotopic (exact) mass is 896 g/mol. The summed E-state index contributed by atoms with van der Waals surface area (Å²) in [6, 6.07) is 16.0. The van der Waals surface area contributed by atoms with Gasteiger partial charge in [0, 0.05) is 33.2 Å². The second-order valence-electron chi connectivity index (χ2n) is 15.1. The summed E-state index contributed by atoms with van der Waals surface area (Å²) in [5.41, 5.74) is 5.61. The number of ether oxygens (including phenoxy) is 3. The van der Waals surface area contributed by atoms with Gasteiger partial charge in [0.2, 0.25) is 18.2 Å². The van der Waals surface area contributed by atoms with Crippen molar-refractivity contribution in [3.05, 3.63) is 136 Å². The fraction of sp³-hybridized carbons (Fsp3) is 0.383. The highest BCUT2D eigenvalue weighted by Gasteiger charge is 2.44. The van der Waals surface area contributed by atoms with E-state index in [4.69, 9.17) is 19.3 Å². The van der Waals surface area contributed by atoms with Gasteiger partial charge in [0.05, 0.1) is 13.2 Å². The number of hydrogen-bond donors (Lipinski definition) is 2. The molecule has 3 rings (SSSR count). The quantitative estimate of drug-likeness (QED) is 0.0380. The van der Waals surface area contributed by atoms with Crippen LogP contribution in [-0.4, -0.2) is 64.7 Å². The summed E-state index contributed by atoms with van der Waals surface area (Å²) < 4.78 is 43.6. The van der Waals surface area contributed by atoms with Crippen molar-refractivity contribution in [3.63, 3.8) is 0 Å². The predicted octanol–water partition coefficient (Wildman–Crippen LogP) is 9.60. The molecule has 3 aromatic carbocycles. The number of carbonyl (C=O) groups is 5. The van der Waals surface area contributed by atoms with E-state index in [-0.39, 0.29) is 29.4 Å². The van der Waals surface area contributed by atoms with E-state index in [1.165, 1.54) is 13.8 Å². The molecule has 0 saturated heterocycles. The van der Waals surface area contributed by atoms with Crippen LogP contribution in [0.2, 0.25) is 0 Å². The highest BCUT2D eigenvalue weighted by atomic mass is 31.2. The summed E-state index contributed by atoms with van der Waals surface area (Å²) >= 11 is 0. The van der Waals surface area contributed by atoms with Crippen molar-refractivity contribution in [3.8, 4) is 0 Å². The second-order valence-corrected chi connectivity index (χ2v) is 18.9. The Morgan fingerprint density at radius 1 is 0.581 bits per heavy atom. The minimum Gasteiger partial charge on any atom is -0.462 e. The van der Waals surface area contributed by atoms with E-state index < -0.39 is 38.1 Å². The van der Waals surface area contributed by atoms with Crippen LogP contribution in [0.1, 0.15) is 107 Å². The second kappa shape index (κ2) is 25.8. The van der Waals surface area contributed by atoms with Crippen LogP contribution in [0.3, 0.4) is 0 Å². The Balaban J connectivity index is 0.000000514. The summed E-state index contributed by atoms with van der Waals surface area (Å²) in [4.78, 5) is 77.4. The van der Waals surface area contributed by atoms with E-state index in [0.29, 0.717) is 35.5 Å². The molecule has 0 aliphatic rings. The molecular weight excluding hydrogens is 834 g/mol. The van der Waals surface area contributed by atoms with Gasteiger partial charge in [0.25, 0.3) is 0 Å². The molecule has 1 unspecified atom stereocenters. The van der Waals surface area contributed by atoms with Gasteiger partial charge >= 0.3 is 25.7 Å². The van der Waals surface area contributed by atoms with Gasteiger partial charge in [0.15, 0.2) is 0 Å². The Bertz CT molecular complexity index is 2070. The van der Waals surface area contributed by atoms with Gasteiger partial charge in [0.1, 0.15) is 12.7 Å². The van der Waals surface area contributed by atoms with Crippen molar-refractivity contribution in [1.29, 1.82) is 0 Å². The van der Waals surface area contributed by atoms with Gasteiger partial charge in [-0.25, -0.2) is 18.9 Å². The van der Waals surface area contributed by atoms with Crippen LogP contribution in [-0.2, 0) is 42.2 Å². The van der Waals surface area contributed by atoms with E-state index >= 15 is 0 Å². The fourth-order valence-electron chi connectivity index (χ4n) is 6.03. The Hall–Kier alpha value is -5.03. The summed E-state index contributed by atoms with van der Waals surface area (Å²) in [5, 5.41) is 0.277. The molecule has 0 aromatic heterocycles. The minimum absolute atomic E-state index is 0.216. The highest BCUT2D eigenvalue weighted by Crippen LogP contribution is 2.52. The van der Waals surface area contributed by atoms with Crippen molar-refractivity contribution in [2.24, 2.45) is 0 Å². The number of rotatable bonds is 19. The van der Waals surface area contributed by atoms with Crippen molar-refractivity contribution in [2.45, 2.75) is 101 Å². The summed E-state index contributed by atoms with van der Waals surface area (Å²) in [6.45, 7) is 28.2. The molecule has 62 heavy (non-hydrogen) atoms. The molecule has 15 heteroatoms. The Kier molecular flexibility index (Phi) is 22.9. The molecule has 0 heterocycles. The molecule has 0 bridgehead atoms. The molecule has 0 saturated carbocycles. The van der Waals surface area contributed by atoms with Gasteiger partial charge in [-0.2, -0.15) is 0 Å². The Morgan fingerprint density at radius 2 is 0.919 bits per heavy atom. The third-order valence-electron chi connectivity index (χ3n) is 8.79. The molecule has 1 atom stereocenters.